The topological polar surface area (TPSA) is 53.5 Å². The maximum Gasteiger partial charge on any atom is 0.227 e. The Kier molecular flexibility index (Phi) is 4.83. The standard InChI is InChI=1S/C22H27N3O2S/c26-20-13-16(14-25(20)17-5-1-2-6-17)22(27)24-11-9-15(10-12-24)21-23-18-7-3-4-8-19(18)28-21/h3-4,7-8,15-17H,1-2,5-6,9-14H2/t16-/m1/s1. The number of thiazole rings is 1. The molecule has 5 nitrogen and oxygen atoms in total. The highest BCUT2D eigenvalue weighted by Crippen LogP contribution is 2.35. The summed E-state index contributed by atoms with van der Waals surface area (Å²) in [6.07, 6.45) is 7.00. The van der Waals surface area contributed by atoms with Gasteiger partial charge in [0, 0.05) is 38.0 Å². The first-order valence-corrected chi connectivity index (χ1v) is 11.4. The van der Waals surface area contributed by atoms with Crippen molar-refractivity contribution >= 4 is 33.4 Å². The van der Waals surface area contributed by atoms with Crippen LogP contribution in [0.1, 0.15) is 55.9 Å². The van der Waals surface area contributed by atoms with Crippen molar-refractivity contribution < 1.29 is 9.59 Å². The predicted molar refractivity (Wildman–Crippen MR) is 110 cm³/mol. The van der Waals surface area contributed by atoms with Crippen LogP contribution in [0.5, 0.6) is 0 Å². The molecule has 1 atom stereocenters. The van der Waals surface area contributed by atoms with E-state index >= 15 is 0 Å². The minimum atomic E-state index is -0.132. The summed E-state index contributed by atoms with van der Waals surface area (Å²) in [5.41, 5.74) is 1.08. The molecule has 148 valence electrons. The van der Waals surface area contributed by atoms with Crippen LogP contribution < -0.4 is 0 Å². The Labute approximate surface area is 169 Å². The quantitative estimate of drug-likeness (QED) is 0.792. The lowest BCUT2D eigenvalue weighted by atomic mass is 9.96. The molecule has 2 aliphatic heterocycles. The van der Waals surface area contributed by atoms with Crippen LogP contribution in [-0.4, -0.2) is 52.3 Å². The van der Waals surface area contributed by atoms with Crippen molar-refractivity contribution in [1.29, 1.82) is 0 Å². The van der Waals surface area contributed by atoms with E-state index in [1.54, 1.807) is 11.3 Å². The monoisotopic (exact) mass is 397 g/mol. The van der Waals surface area contributed by atoms with Crippen LogP contribution in [0.15, 0.2) is 24.3 Å². The van der Waals surface area contributed by atoms with E-state index in [0.29, 0.717) is 24.9 Å². The maximum atomic E-state index is 13.0. The Balaban J connectivity index is 1.19. The number of nitrogens with zero attached hydrogens (tertiary/aromatic N) is 3. The first-order chi connectivity index (χ1) is 13.7. The van der Waals surface area contributed by atoms with Gasteiger partial charge < -0.3 is 9.80 Å². The van der Waals surface area contributed by atoms with Crippen LogP contribution in [-0.2, 0) is 9.59 Å². The number of likely N-dealkylation sites (tertiary alicyclic amines) is 2. The van der Waals surface area contributed by atoms with E-state index in [0.717, 1.165) is 44.3 Å². The lowest BCUT2D eigenvalue weighted by Gasteiger charge is -2.33. The molecule has 3 fully saturated rings. The number of fused-ring (bicyclic) bond motifs is 1. The zero-order chi connectivity index (χ0) is 19.1. The summed E-state index contributed by atoms with van der Waals surface area (Å²) in [5, 5.41) is 1.21. The number of carbonyl (C=O) groups is 2. The maximum absolute atomic E-state index is 13.0. The Bertz CT molecular complexity index is 848. The molecular weight excluding hydrogens is 370 g/mol. The van der Waals surface area contributed by atoms with Crippen molar-refractivity contribution in [2.45, 2.75) is 56.9 Å². The first-order valence-electron chi connectivity index (χ1n) is 10.6. The van der Waals surface area contributed by atoms with Gasteiger partial charge in [-0.1, -0.05) is 25.0 Å². The molecule has 0 radical (unpaired) electrons. The van der Waals surface area contributed by atoms with Crippen LogP contribution in [0.2, 0.25) is 0 Å². The van der Waals surface area contributed by atoms with Crippen LogP contribution in [0.25, 0.3) is 10.2 Å². The number of aromatic nitrogens is 1. The first kappa shape index (κ1) is 18.1. The molecule has 6 heteroatoms. The van der Waals surface area contributed by atoms with Crippen LogP contribution in [0.3, 0.4) is 0 Å². The lowest BCUT2D eigenvalue weighted by molar-refractivity contribution is -0.136. The number of amides is 2. The molecule has 1 aromatic carbocycles. The zero-order valence-electron chi connectivity index (χ0n) is 16.2. The van der Waals surface area contributed by atoms with Gasteiger partial charge >= 0.3 is 0 Å². The third-order valence-electron chi connectivity index (χ3n) is 6.74. The normalized spacial score (nSPS) is 24.6. The summed E-state index contributed by atoms with van der Waals surface area (Å²) >= 11 is 1.79. The SMILES string of the molecule is O=C([C@@H]1CC(=O)N(C2CCCC2)C1)N1CCC(c2nc3ccccc3s2)CC1. The number of benzene rings is 1. The Morgan fingerprint density at radius 1 is 1.07 bits per heavy atom. The largest absolute Gasteiger partial charge is 0.342 e. The smallest absolute Gasteiger partial charge is 0.227 e. The lowest BCUT2D eigenvalue weighted by Crippen LogP contribution is -2.42. The molecule has 1 aromatic heterocycles. The van der Waals surface area contributed by atoms with Gasteiger partial charge in [0.15, 0.2) is 0 Å². The highest BCUT2D eigenvalue weighted by Gasteiger charge is 2.40. The average molecular weight is 398 g/mol. The highest BCUT2D eigenvalue weighted by atomic mass is 32.1. The second kappa shape index (κ2) is 7.47. The molecule has 3 heterocycles. The van der Waals surface area contributed by atoms with Gasteiger partial charge in [0.2, 0.25) is 11.8 Å². The number of piperidine rings is 1. The van der Waals surface area contributed by atoms with Crippen LogP contribution in [0.4, 0.5) is 0 Å². The summed E-state index contributed by atoms with van der Waals surface area (Å²) < 4.78 is 1.24. The minimum Gasteiger partial charge on any atom is -0.342 e. The second-order valence-electron chi connectivity index (χ2n) is 8.50. The predicted octanol–water partition coefficient (Wildman–Crippen LogP) is 3.79. The molecule has 2 saturated heterocycles. The average Bonchev–Trinajstić information content (AvgIpc) is 3.46. The number of rotatable bonds is 3. The molecule has 1 saturated carbocycles. The fourth-order valence-electron chi connectivity index (χ4n) is 5.14. The number of para-hydroxylation sites is 1. The molecule has 28 heavy (non-hydrogen) atoms. The minimum absolute atomic E-state index is 0.132. The zero-order valence-corrected chi connectivity index (χ0v) is 17.0. The fourth-order valence-corrected chi connectivity index (χ4v) is 6.27. The van der Waals surface area contributed by atoms with Crippen LogP contribution >= 0.6 is 11.3 Å². The summed E-state index contributed by atoms with van der Waals surface area (Å²) in [6, 6.07) is 8.67. The summed E-state index contributed by atoms with van der Waals surface area (Å²) in [7, 11) is 0. The van der Waals surface area contributed by atoms with E-state index in [4.69, 9.17) is 4.98 Å². The Morgan fingerprint density at radius 2 is 1.82 bits per heavy atom. The molecule has 2 aromatic rings. The van der Waals surface area contributed by atoms with Crippen molar-refractivity contribution in [3.8, 4) is 0 Å². The molecule has 3 aliphatic rings. The number of carbonyl (C=O) groups excluding carboxylic acids is 2. The molecule has 2 amide bonds. The van der Waals surface area contributed by atoms with Crippen molar-refractivity contribution in [3.05, 3.63) is 29.3 Å². The van der Waals surface area contributed by atoms with E-state index in [1.165, 1.54) is 22.5 Å². The van der Waals surface area contributed by atoms with Gasteiger partial charge in [-0.25, -0.2) is 4.98 Å². The summed E-state index contributed by atoms with van der Waals surface area (Å²) in [5.74, 6) is 0.694. The Hall–Kier alpha value is -1.95. The van der Waals surface area contributed by atoms with Gasteiger partial charge in [0.1, 0.15) is 0 Å². The van der Waals surface area contributed by atoms with Gasteiger partial charge in [0.05, 0.1) is 21.1 Å². The molecule has 0 N–H and O–H groups in total. The van der Waals surface area contributed by atoms with E-state index < -0.39 is 0 Å². The molecule has 0 spiro atoms. The van der Waals surface area contributed by atoms with Crippen molar-refractivity contribution in [3.63, 3.8) is 0 Å². The molecule has 0 bridgehead atoms. The molecule has 1 aliphatic carbocycles. The van der Waals surface area contributed by atoms with Gasteiger partial charge in [-0.3, -0.25) is 9.59 Å². The molecule has 0 unspecified atom stereocenters. The van der Waals surface area contributed by atoms with Gasteiger partial charge in [0.25, 0.3) is 0 Å². The number of hydrogen-bond donors (Lipinski definition) is 0. The summed E-state index contributed by atoms with van der Waals surface area (Å²) in [6.45, 7) is 2.21. The third-order valence-corrected chi connectivity index (χ3v) is 7.94. The highest BCUT2D eigenvalue weighted by molar-refractivity contribution is 7.18. The second-order valence-corrected chi connectivity index (χ2v) is 9.57. The Morgan fingerprint density at radius 3 is 2.57 bits per heavy atom. The number of hydrogen-bond acceptors (Lipinski definition) is 4. The van der Waals surface area contributed by atoms with Gasteiger partial charge in [-0.15, -0.1) is 11.3 Å². The van der Waals surface area contributed by atoms with Gasteiger partial charge in [-0.05, 0) is 37.8 Å². The fraction of sp³-hybridized carbons (Fsp3) is 0.591. The molecular formula is C22H27N3O2S. The van der Waals surface area contributed by atoms with Gasteiger partial charge in [-0.2, -0.15) is 0 Å². The van der Waals surface area contributed by atoms with Crippen molar-refractivity contribution in [2.24, 2.45) is 5.92 Å². The van der Waals surface area contributed by atoms with Crippen molar-refractivity contribution in [2.75, 3.05) is 19.6 Å². The molecule has 5 rings (SSSR count). The van der Waals surface area contributed by atoms with E-state index in [1.807, 2.05) is 15.9 Å². The van der Waals surface area contributed by atoms with E-state index in [9.17, 15) is 9.59 Å². The third kappa shape index (κ3) is 3.32. The van der Waals surface area contributed by atoms with Crippen LogP contribution in [0, 0.1) is 5.92 Å². The summed E-state index contributed by atoms with van der Waals surface area (Å²) in [4.78, 5) is 34.3. The van der Waals surface area contributed by atoms with E-state index in [-0.39, 0.29) is 17.7 Å². The van der Waals surface area contributed by atoms with E-state index in [2.05, 4.69) is 18.2 Å². The van der Waals surface area contributed by atoms with Crippen molar-refractivity contribution in [1.82, 2.24) is 14.8 Å².